The molecule has 0 spiro atoms. The summed E-state index contributed by atoms with van der Waals surface area (Å²) >= 11 is 6.00. The lowest BCUT2D eigenvalue weighted by Gasteiger charge is -2.35. The van der Waals surface area contributed by atoms with Crippen LogP contribution in [0.3, 0.4) is 0 Å². The number of piperazine rings is 1. The van der Waals surface area contributed by atoms with E-state index in [2.05, 4.69) is 14.6 Å². The summed E-state index contributed by atoms with van der Waals surface area (Å²) in [5.74, 6) is 0.439. The highest BCUT2D eigenvalue weighted by Gasteiger charge is 2.32. The van der Waals surface area contributed by atoms with Crippen molar-refractivity contribution in [2.45, 2.75) is 19.3 Å². The average molecular weight is 422 g/mol. The molecule has 1 aliphatic heterocycles. The summed E-state index contributed by atoms with van der Waals surface area (Å²) in [5, 5.41) is -0.0297. The van der Waals surface area contributed by atoms with Crippen LogP contribution >= 0.6 is 11.6 Å². The first-order valence-electron chi connectivity index (χ1n) is 8.46. The number of hydrogen-bond acceptors (Lipinski definition) is 4. The predicted octanol–water partition coefficient (Wildman–Crippen LogP) is 4.68. The van der Waals surface area contributed by atoms with Crippen molar-refractivity contribution in [1.82, 2.24) is 9.88 Å². The maximum Gasteiger partial charge on any atom is 0.417 e. The lowest BCUT2D eigenvalue weighted by Crippen LogP contribution is -2.46. The summed E-state index contributed by atoms with van der Waals surface area (Å²) in [7, 11) is 0. The third-order valence-electron chi connectivity index (χ3n) is 4.38. The zero-order chi connectivity index (χ0) is 20.3. The van der Waals surface area contributed by atoms with Gasteiger partial charge in [0.25, 0.3) is 0 Å². The smallest absolute Gasteiger partial charge is 0.417 e. The van der Waals surface area contributed by atoms with Crippen LogP contribution < -0.4 is 9.64 Å². The molecule has 0 aliphatic carbocycles. The van der Waals surface area contributed by atoms with E-state index in [1.165, 1.54) is 12.1 Å². The number of nitrogens with zero attached hydrogens (tertiary/aromatic N) is 3. The summed E-state index contributed by atoms with van der Waals surface area (Å²) in [4.78, 5) is 7.89. The molecule has 1 saturated heterocycles. The van der Waals surface area contributed by atoms with E-state index in [1.54, 1.807) is 12.1 Å². The van der Waals surface area contributed by atoms with Gasteiger partial charge in [-0.25, -0.2) is 4.98 Å². The molecule has 1 fully saturated rings. The van der Waals surface area contributed by atoms with E-state index >= 15 is 0 Å². The number of halogens is 6. The quantitative estimate of drug-likeness (QED) is 0.656. The third-order valence-corrected chi connectivity index (χ3v) is 4.65. The van der Waals surface area contributed by atoms with E-state index in [9.17, 15) is 22.0 Å². The van der Waals surface area contributed by atoms with Gasteiger partial charge in [0.1, 0.15) is 11.6 Å². The van der Waals surface area contributed by atoms with Gasteiger partial charge in [0.15, 0.2) is 0 Å². The van der Waals surface area contributed by atoms with Crippen LogP contribution in [0.25, 0.3) is 0 Å². The Bertz CT molecular complexity index is 793. The highest BCUT2D eigenvalue weighted by Crippen LogP contribution is 2.33. The molecule has 1 aromatic heterocycles. The van der Waals surface area contributed by atoms with Crippen LogP contribution in [0.2, 0.25) is 5.02 Å². The third kappa shape index (κ3) is 5.23. The summed E-state index contributed by atoms with van der Waals surface area (Å²) in [5.41, 5.74) is 0.0694. The minimum absolute atomic E-state index is 0.0297. The first kappa shape index (κ1) is 20.6. The van der Waals surface area contributed by atoms with Crippen molar-refractivity contribution in [1.29, 1.82) is 0 Å². The zero-order valence-electron chi connectivity index (χ0n) is 14.6. The number of pyridine rings is 1. The Hall–Kier alpha value is -2.13. The number of alkyl halides is 5. The zero-order valence-corrected chi connectivity index (χ0v) is 15.4. The second-order valence-corrected chi connectivity index (χ2v) is 6.72. The summed E-state index contributed by atoms with van der Waals surface area (Å²) in [6.07, 6.45) is -3.69. The second kappa shape index (κ2) is 8.48. The maximum atomic E-state index is 12.7. The van der Waals surface area contributed by atoms with Crippen LogP contribution in [0.1, 0.15) is 11.1 Å². The molecule has 1 aliphatic rings. The predicted molar refractivity (Wildman–Crippen MR) is 94.8 cm³/mol. The number of anilines is 1. The molecule has 28 heavy (non-hydrogen) atoms. The molecule has 152 valence electrons. The fraction of sp³-hybridized carbons (Fsp3) is 0.389. The van der Waals surface area contributed by atoms with Crippen molar-refractivity contribution < 1.29 is 26.7 Å². The Kier molecular flexibility index (Phi) is 6.24. The normalized spacial score (nSPS) is 15.9. The van der Waals surface area contributed by atoms with Gasteiger partial charge in [0.05, 0.1) is 10.6 Å². The molecule has 10 heteroatoms. The minimum Gasteiger partial charge on any atom is -0.435 e. The van der Waals surface area contributed by atoms with Crippen LogP contribution in [0.15, 0.2) is 36.5 Å². The first-order valence-corrected chi connectivity index (χ1v) is 8.84. The van der Waals surface area contributed by atoms with E-state index < -0.39 is 18.4 Å². The van der Waals surface area contributed by atoms with Crippen LogP contribution in [-0.4, -0.2) is 42.7 Å². The molecule has 0 amide bonds. The Morgan fingerprint density at radius 3 is 2.25 bits per heavy atom. The molecule has 0 unspecified atom stereocenters. The highest BCUT2D eigenvalue weighted by atomic mass is 35.5. The van der Waals surface area contributed by atoms with Gasteiger partial charge in [0, 0.05) is 38.9 Å². The van der Waals surface area contributed by atoms with Crippen molar-refractivity contribution in [3.8, 4) is 5.75 Å². The Morgan fingerprint density at radius 2 is 1.71 bits per heavy atom. The second-order valence-electron chi connectivity index (χ2n) is 6.31. The minimum atomic E-state index is -4.48. The average Bonchev–Trinajstić information content (AvgIpc) is 2.63. The van der Waals surface area contributed by atoms with E-state index in [0.29, 0.717) is 38.5 Å². The molecule has 2 heterocycles. The summed E-state index contributed by atoms with van der Waals surface area (Å²) in [6, 6.07) is 7.31. The highest BCUT2D eigenvalue weighted by molar-refractivity contribution is 6.33. The van der Waals surface area contributed by atoms with E-state index in [-0.39, 0.29) is 10.8 Å². The van der Waals surface area contributed by atoms with Crippen molar-refractivity contribution in [2.24, 2.45) is 0 Å². The van der Waals surface area contributed by atoms with E-state index in [4.69, 9.17) is 11.6 Å². The van der Waals surface area contributed by atoms with Gasteiger partial charge in [-0.15, -0.1) is 0 Å². The Labute approximate surface area is 163 Å². The topological polar surface area (TPSA) is 28.6 Å². The molecule has 0 radical (unpaired) electrons. The molecular formula is C18H17ClF5N3O. The molecule has 1 aromatic carbocycles. The van der Waals surface area contributed by atoms with Gasteiger partial charge < -0.3 is 9.64 Å². The Balaban J connectivity index is 1.56. The van der Waals surface area contributed by atoms with Gasteiger partial charge in [-0.3, -0.25) is 4.90 Å². The maximum absolute atomic E-state index is 12.7. The van der Waals surface area contributed by atoms with Crippen molar-refractivity contribution in [3.05, 3.63) is 52.7 Å². The van der Waals surface area contributed by atoms with Gasteiger partial charge in [-0.2, -0.15) is 22.0 Å². The monoisotopic (exact) mass is 421 g/mol. The fourth-order valence-electron chi connectivity index (χ4n) is 2.97. The van der Waals surface area contributed by atoms with E-state index in [1.807, 2.05) is 4.90 Å². The van der Waals surface area contributed by atoms with Gasteiger partial charge >= 0.3 is 12.8 Å². The molecule has 4 nitrogen and oxygen atoms in total. The largest absolute Gasteiger partial charge is 0.435 e. The van der Waals surface area contributed by atoms with Crippen molar-refractivity contribution in [2.75, 3.05) is 31.1 Å². The van der Waals surface area contributed by atoms with Gasteiger partial charge in [0.2, 0.25) is 0 Å². The molecule has 2 aromatic rings. The van der Waals surface area contributed by atoms with Crippen LogP contribution in [0, 0.1) is 0 Å². The molecule has 3 rings (SSSR count). The number of benzene rings is 1. The van der Waals surface area contributed by atoms with Crippen LogP contribution in [0.5, 0.6) is 5.75 Å². The number of rotatable bonds is 5. The van der Waals surface area contributed by atoms with Crippen molar-refractivity contribution in [3.63, 3.8) is 0 Å². The van der Waals surface area contributed by atoms with Crippen LogP contribution in [-0.2, 0) is 12.7 Å². The van der Waals surface area contributed by atoms with E-state index in [0.717, 1.165) is 17.8 Å². The Morgan fingerprint density at radius 1 is 1.07 bits per heavy atom. The van der Waals surface area contributed by atoms with Crippen LogP contribution in [0.4, 0.5) is 27.8 Å². The van der Waals surface area contributed by atoms with Crippen molar-refractivity contribution >= 4 is 17.4 Å². The lowest BCUT2D eigenvalue weighted by molar-refractivity contribution is -0.137. The number of hydrogen-bond donors (Lipinski definition) is 0. The summed E-state index contributed by atoms with van der Waals surface area (Å²) in [6.45, 7) is 0.208. The molecular weight excluding hydrogens is 405 g/mol. The standard InChI is InChI=1S/C18H17ClF5N3O/c19-15-9-13(18(22,23)24)10-25-16(15)27-7-5-26(6-8-27)11-12-1-3-14(4-2-12)28-17(20)21/h1-4,9-10,17H,5-8,11H2. The number of aromatic nitrogens is 1. The molecule has 0 saturated carbocycles. The SMILES string of the molecule is FC(F)Oc1ccc(CN2CCN(c3ncc(C(F)(F)F)cc3Cl)CC2)cc1. The molecule has 0 atom stereocenters. The fourth-order valence-corrected chi connectivity index (χ4v) is 3.26. The number of ether oxygens (including phenoxy) is 1. The van der Waals surface area contributed by atoms with Gasteiger partial charge in [-0.1, -0.05) is 23.7 Å². The summed E-state index contributed by atoms with van der Waals surface area (Å²) < 4.78 is 66.8. The lowest BCUT2D eigenvalue weighted by atomic mass is 10.2. The molecule has 0 bridgehead atoms. The van der Waals surface area contributed by atoms with Gasteiger partial charge in [-0.05, 0) is 23.8 Å². The molecule has 0 N–H and O–H groups in total. The first-order chi connectivity index (χ1) is 13.2.